The number of benzene rings is 1. The Hall–Kier alpha value is -4.55. The summed E-state index contributed by atoms with van der Waals surface area (Å²) in [5.74, 6) is -0.315. The van der Waals surface area contributed by atoms with Crippen LogP contribution in [0.1, 0.15) is 11.4 Å². The number of halogens is 6. The smallest absolute Gasteiger partial charge is 0.361 e. The Kier molecular flexibility index (Phi) is 5.54. The van der Waals surface area contributed by atoms with Crippen LogP contribution in [0.25, 0.3) is 33.8 Å². The van der Waals surface area contributed by atoms with E-state index in [0.717, 1.165) is 35.3 Å². The highest BCUT2D eigenvalue weighted by Gasteiger charge is 2.33. The summed E-state index contributed by atoms with van der Waals surface area (Å²) in [5, 5.41) is 3.39. The number of nitrogens with zero attached hydrogens (tertiary/aromatic N) is 5. The fourth-order valence-electron chi connectivity index (χ4n) is 3.46. The van der Waals surface area contributed by atoms with Gasteiger partial charge in [0.15, 0.2) is 11.6 Å². The summed E-state index contributed by atoms with van der Waals surface area (Å²) in [6.45, 7) is 0. The lowest BCUT2D eigenvalue weighted by molar-refractivity contribution is -0.141. The average Bonchev–Trinajstić information content (AvgIpc) is 3.32. The van der Waals surface area contributed by atoms with Crippen molar-refractivity contribution in [3.63, 3.8) is 0 Å². The third-order valence-electron chi connectivity index (χ3n) is 5.05. The monoisotopic (exact) mass is 501 g/mol. The zero-order valence-electron chi connectivity index (χ0n) is 17.9. The summed E-state index contributed by atoms with van der Waals surface area (Å²) < 4.78 is 79.0. The highest BCUT2D eigenvalue weighted by molar-refractivity contribution is 5.93. The summed E-state index contributed by atoms with van der Waals surface area (Å²) in [7, 11) is 0. The molecule has 182 valence electrons. The predicted molar refractivity (Wildman–Crippen MR) is 118 cm³/mol. The Balaban J connectivity index is 1.65. The maximum absolute atomic E-state index is 13.2. The van der Waals surface area contributed by atoms with E-state index in [9.17, 15) is 26.3 Å². The van der Waals surface area contributed by atoms with Crippen LogP contribution in [0.3, 0.4) is 0 Å². The summed E-state index contributed by atoms with van der Waals surface area (Å²) in [6, 6.07) is 12.3. The predicted octanol–water partition coefficient (Wildman–Crippen LogP) is 6.26. The van der Waals surface area contributed by atoms with Crippen molar-refractivity contribution in [1.29, 1.82) is 0 Å². The number of anilines is 2. The van der Waals surface area contributed by atoms with Gasteiger partial charge in [-0.05, 0) is 36.4 Å². The van der Waals surface area contributed by atoms with Gasteiger partial charge in [-0.3, -0.25) is 4.98 Å². The Labute approximate surface area is 198 Å². The number of pyridine rings is 2. The fraction of sp³-hybridized carbons (Fsp3) is 0.0870. The van der Waals surface area contributed by atoms with Gasteiger partial charge in [-0.2, -0.15) is 36.3 Å². The Morgan fingerprint density at radius 1 is 0.722 bits per heavy atom. The van der Waals surface area contributed by atoms with Gasteiger partial charge in [0.2, 0.25) is 5.95 Å². The highest BCUT2D eigenvalue weighted by atomic mass is 19.4. The molecule has 4 aromatic heterocycles. The van der Waals surface area contributed by atoms with Crippen molar-refractivity contribution in [2.24, 2.45) is 0 Å². The number of hydrogen-bond donors (Lipinski definition) is 2. The van der Waals surface area contributed by atoms with Gasteiger partial charge in [0, 0.05) is 34.5 Å². The van der Waals surface area contributed by atoms with E-state index in [1.165, 1.54) is 12.1 Å². The lowest BCUT2D eigenvalue weighted by Crippen LogP contribution is -2.10. The van der Waals surface area contributed by atoms with Gasteiger partial charge in [-0.15, -0.1) is 0 Å². The second-order valence-corrected chi connectivity index (χ2v) is 7.51. The first kappa shape index (κ1) is 23.2. The topological polar surface area (TPSA) is 92.3 Å². The molecule has 0 atom stereocenters. The minimum absolute atomic E-state index is 0.0303. The van der Waals surface area contributed by atoms with Crippen LogP contribution >= 0.6 is 0 Å². The van der Waals surface area contributed by atoms with E-state index in [1.54, 1.807) is 24.4 Å². The largest absolute Gasteiger partial charge is 0.433 e. The van der Waals surface area contributed by atoms with Crippen LogP contribution in [0, 0.1) is 0 Å². The van der Waals surface area contributed by atoms with Crippen molar-refractivity contribution in [2.75, 3.05) is 5.32 Å². The number of aromatic amines is 1. The molecule has 0 radical (unpaired) electrons. The van der Waals surface area contributed by atoms with Crippen LogP contribution in [0.2, 0.25) is 0 Å². The fourth-order valence-corrected chi connectivity index (χ4v) is 3.46. The second kappa shape index (κ2) is 8.59. The van der Waals surface area contributed by atoms with Gasteiger partial charge in [0.1, 0.15) is 17.1 Å². The maximum atomic E-state index is 13.2. The number of fused-ring (bicyclic) bond motifs is 1. The summed E-state index contributed by atoms with van der Waals surface area (Å²) in [6.07, 6.45) is -6.73. The van der Waals surface area contributed by atoms with E-state index in [1.807, 2.05) is 6.07 Å². The molecule has 13 heteroatoms. The summed E-state index contributed by atoms with van der Waals surface area (Å²) in [5.41, 5.74) is -1.23. The minimum Gasteiger partial charge on any atom is -0.361 e. The molecule has 0 bridgehead atoms. The normalized spacial score (nSPS) is 12.2. The average molecular weight is 501 g/mol. The molecule has 0 aliphatic heterocycles. The molecule has 0 aliphatic carbocycles. The SMILES string of the molecule is FC(F)(F)c1cc(Nc2nc(-c3cccc(C(F)(F)F)n3)nc(-c3cccc4[nH]ccc34)n2)ccn1. The van der Waals surface area contributed by atoms with Crippen molar-refractivity contribution in [2.45, 2.75) is 12.4 Å². The van der Waals surface area contributed by atoms with Gasteiger partial charge in [-0.1, -0.05) is 18.2 Å². The number of nitrogens with one attached hydrogen (secondary N) is 2. The van der Waals surface area contributed by atoms with Crippen LogP contribution in [0.15, 0.2) is 67.0 Å². The number of H-pyrrole nitrogens is 1. The van der Waals surface area contributed by atoms with Crippen LogP contribution < -0.4 is 5.32 Å². The second-order valence-electron chi connectivity index (χ2n) is 7.51. The van der Waals surface area contributed by atoms with Crippen LogP contribution in [0.5, 0.6) is 0 Å². The van der Waals surface area contributed by atoms with Crippen molar-refractivity contribution in [1.82, 2.24) is 29.9 Å². The molecule has 0 aliphatic rings. The first-order valence-corrected chi connectivity index (χ1v) is 10.3. The van der Waals surface area contributed by atoms with Crippen LogP contribution in [-0.4, -0.2) is 29.9 Å². The quantitative estimate of drug-likeness (QED) is 0.283. The van der Waals surface area contributed by atoms with Gasteiger partial charge < -0.3 is 10.3 Å². The molecule has 0 unspecified atom stereocenters. The molecule has 36 heavy (non-hydrogen) atoms. The van der Waals surface area contributed by atoms with Gasteiger partial charge >= 0.3 is 12.4 Å². The van der Waals surface area contributed by atoms with Crippen molar-refractivity contribution < 1.29 is 26.3 Å². The molecule has 0 fully saturated rings. The molecular formula is C23H13F6N7. The summed E-state index contributed by atoms with van der Waals surface area (Å²) >= 11 is 0. The van der Waals surface area contributed by atoms with Crippen molar-refractivity contribution in [3.05, 3.63) is 78.4 Å². The molecule has 0 saturated carbocycles. The first-order chi connectivity index (χ1) is 17.1. The molecule has 4 heterocycles. The molecule has 0 amide bonds. The van der Waals surface area contributed by atoms with Gasteiger partial charge in [0.05, 0.1) is 0 Å². The van der Waals surface area contributed by atoms with Crippen molar-refractivity contribution in [3.8, 4) is 22.9 Å². The third kappa shape index (κ3) is 4.67. The number of aromatic nitrogens is 6. The van der Waals surface area contributed by atoms with Gasteiger partial charge in [0.25, 0.3) is 0 Å². The Morgan fingerprint density at radius 2 is 1.47 bits per heavy atom. The zero-order valence-corrected chi connectivity index (χ0v) is 17.9. The highest BCUT2D eigenvalue weighted by Crippen LogP contribution is 2.32. The number of hydrogen-bond acceptors (Lipinski definition) is 6. The van der Waals surface area contributed by atoms with E-state index >= 15 is 0 Å². The first-order valence-electron chi connectivity index (χ1n) is 10.3. The molecule has 5 aromatic rings. The minimum atomic E-state index is -4.70. The van der Waals surface area contributed by atoms with Crippen LogP contribution in [0.4, 0.5) is 38.0 Å². The van der Waals surface area contributed by atoms with E-state index < -0.39 is 23.7 Å². The number of alkyl halides is 6. The molecule has 1 aromatic carbocycles. The Morgan fingerprint density at radius 3 is 2.25 bits per heavy atom. The van der Waals surface area contributed by atoms with Crippen LogP contribution in [-0.2, 0) is 12.4 Å². The lowest BCUT2D eigenvalue weighted by Gasteiger charge is -2.12. The summed E-state index contributed by atoms with van der Waals surface area (Å²) in [4.78, 5) is 22.7. The standard InChI is InChI=1S/C23H13F6N7/c24-22(25,26)17-6-2-5-16(33-17)20-34-19(14-3-1-4-15-13(14)8-10-30-15)35-21(36-20)32-12-7-9-31-18(11-12)23(27,28)29/h1-11,30H,(H,31,32,34,35,36). The molecule has 0 saturated heterocycles. The van der Waals surface area contributed by atoms with E-state index in [0.29, 0.717) is 5.56 Å². The molecule has 0 spiro atoms. The van der Waals surface area contributed by atoms with Crippen molar-refractivity contribution >= 4 is 22.5 Å². The molecule has 7 nitrogen and oxygen atoms in total. The van der Waals surface area contributed by atoms with E-state index in [-0.39, 0.29) is 29.0 Å². The Bertz CT molecular complexity index is 1560. The zero-order chi connectivity index (χ0) is 25.5. The lowest BCUT2D eigenvalue weighted by atomic mass is 10.1. The molecular weight excluding hydrogens is 488 g/mol. The maximum Gasteiger partial charge on any atom is 0.433 e. The van der Waals surface area contributed by atoms with E-state index in [2.05, 4.69) is 35.2 Å². The molecule has 2 N–H and O–H groups in total. The molecule has 5 rings (SSSR count). The van der Waals surface area contributed by atoms with E-state index in [4.69, 9.17) is 0 Å². The number of rotatable bonds is 4. The van der Waals surface area contributed by atoms with Gasteiger partial charge in [-0.25, -0.2) is 9.97 Å². The third-order valence-corrected chi connectivity index (χ3v) is 5.05.